The van der Waals surface area contributed by atoms with E-state index in [0.717, 1.165) is 59.7 Å². The maximum Gasteiger partial charge on any atom is 0.269 e. The quantitative estimate of drug-likeness (QED) is 0.248. The summed E-state index contributed by atoms with van der Waals surface area (Å²) < 4.78 is 31.6. The van der Waals surface area contributed by atoms with Gasteiger partial charge in [-0.25, -0.2) is 22.4 Å². The van der Waals surface area contributed by atoms with Crippen LogP contribution < -0.4 is 11.5 Å². The van der Waals surface area contributed by atoms with Crippen molar-refractivity contribution in [2.45, 2.75) is 75.3 Å². The van der Waals surface area contributed by atoms with E-state index in [-0.39, 0.29) is 22.9 Å². The Hall–Kier alpha value is -4.73. The third kappa shape index (κ3) is 4.95. The minimum atomic E-state index is -3.76. The molecular weight excluding hydrogens is 629 g/mol. The zero-order valence-corrected chi connectivity index (χ0v) is 27.8. The normalized spacial score (nSPS) is 24.6. The summed E-state index contributed by atoms with van der Waals surface area (Å²) in [4.78, 5) is 12.1. The molecule has 1 aromatic carbocycles. The van der Waals surface area contributed by atoms with E-state index in [2.05, 4.69) is 53.6 Å². The summed E-state index contributed by atoms with van der Waals surface area (Å²) in [6.07, 6.45) is 10.6. The summed E-state index contributed by atoms with van der Waals surface area (Å²) in [5.41, 5.74) is 17.6. The molecule has 0 unspecified atom stereocenters. The van der Waals surface area contributed by atoms with Crippen LogP contribution in [-0.4, -0.2) is 68.6 Å². The topological polar surface area (TPSA) is 193 Å². The predicted molar refractivity (Wildman–Crippen MR) is 181 cm³/mol. The number of benzene rings is 1. The zero-order chi connectivity index (χ0) is 33.3. The van der Waals surface area contributed by atoms with Gasteiger partial charge in [0.2, 0.25) is 0 Å². The van der Waals surface area contributed by atoms with Crippen LogP contribution >= 0.6 is 0 Å². The molecule has 0 aliphatic heterocycles. The molecule has 2 aliphatic rings. The smallest absolute Gasteiger partial charge is 0.269 e. The Morgan fingerprint density at radius 2 is 1.33 bits per heavy atom. The minimum absolute atomic E-state index is 0.145. The number of fused-ring (bicyclic) bond motifs is 6. The second-order valence-corrected chi connectivity index (χ2v) is 15.3. The summed E-state index contributed by atoms with van der Waals surface area (Å²) in [6.45, 7) is 6.33. The van der Waals surface area contributed by atoms with Crippen LogP contribution in [0, 0.1) is 18.8 Å². The van der Waals surface area contributed by atoms with Gasteiger partial charge in [0.1, 0.15) is 11.6 Å². The van der Waals surface area contributed by atoms with Crippen LogP contribution in [0.15, 0.2) is 66.1 Å². The fourth-order valence-corrected chi connectivity index (χ4v) is 8.96. The number of nitrogens with one attached hydrogen (secondary N) is 1. The number of aryl methyl sites for hydroxylation is 1. The zero-order valence-electron chi connectivity index (χ0n) is 27.0. The molecule has 0 bridgehead atoms. The lowest BCUT2D eigenvalue weighted by atomic mass is 9.97. The van der Waals surface area contributed by atoms with Crippen LogP contribution in [0.5, 0.6) is 0 Å². The van der Waals surface area contributed by atoms with Crippen LogP contribution in [-0.2, 0) is 10.0 Å². The fraction of sp³-hybridized carbons (Fsp3) is 0.394. The molecule has 2 saturated carbocycles. The third-order valence-corrected chi connectivity index (χ3v) is 11.8. The van der Waals surface area contributed by atoms with Gasteiger partial charge in [-0.05, 0) is 68.7 Å². The maximum absolute atomic E-state index is 13.2. The lowest BCUT2D eigenvalue weighted by Crippen LogP contribution is -2.15. The highest BCUT2D eigenvalue weighted by molar-refractivity contribution is 7.90. The summed E-state index contributed by atoms with van der Waals surface area (Å²) in [5.74, 6) is 3.33. The van der Waals surface area contributed by atoms with Crippen molar-refractivity contribution in [2.24, 2.45) is 23.3 Å². The Morgan fingerprint density at radius 3 is 1.92 bits per heavy atom. The average Bonchev–Trinajstić information content (AvgIpc) is 3.89. The fourth-order valence-electron chi connectivity index (χ4n) is 7.66. The monoisotopic (exact) mass is 666 g/mol. The lowest BCUT2D eigenvalue weighted by molar-refractivity contribution is 0.507. The molecule has 48 heavy (non-hydrogen) atoms. The summed E-state index contributed by atoms with van der Waals surface area (Å²) in [7, 11) is -3.76. The van der Waals surface area contributed by atoms with Gasteiger partial charge < -0.3 is 16.5 Å². The van der Waals surface area contributed by atoms with Crippen LogP contribution in [0.4, 0.5) is 0 Å². The molecule has 5 N–H and O–H groups in total. The molecule has 6 heterocycles. The van der Waals surface area contributed by atoms with Crippen molar-refractivity contribution in [3.63, 3.8) is 0 Å². The lowest BCUT2D eigenvalue weighted by Gasteiger charge is -2.13. The van der Waals surface area contributed by atoms with Crippen LogP contribution in [0.2, 0.25) is 0 Å². The molecule has 6 atom stereocenters. The molecule has 15 heteroatoms. The average molecular weight is 667 g/mol. The Morgan fingerprint density at radius 1 is 0.750 bits per heavy atom. The first-order valence-corrected chi connectivity index (χ1v) is 17.8. The van der Waals surface area contributed by atoms with Crippen molar-refractivity contribution in [1.82, 2.24) is 48.1 Å². The molecule has 248 valence electrons. The van der Waals surface area contributed by atoms with Gasteiger partial charge in [-0.3, -0.25) is 8.80 Å². The number of aromatic amines is 1. The van der Waals surface area contributed by atoms with Gasteiger partial charge >= 0.3 is 0 Å². The van der Waals surface area contributed by atoms with E-state index in [1.165, 1.54) is 3.97 Å². The standard InChI is InChI=1S/C20H22N6O2S.C13H16N6/c1-12-3-5-15(6-4-12)29(27,28)25-8-7-17-20(25)22-11-18-23-24-19(26(17)18)16-10-14(21)9-13(16)2;1-7-4-8(14)5-9(7)13-18-17-11-6-16-12-10(19(11)13)2-3-15-12/h3-8,11,13-14,16H,9-10,21H2,1-2H3;2-3,6-9,15H,4-5,14H2,1H3/t13-,14+,16+;7-,8+,9+/m11/s1. The Labute approximate surface area is 276 Å². The van der Waals surface area contributed by atoms with Gasteiger partial charge in [0.15, 0.2) is 22.6 Å². The Kier molecular flexibility index (Phi) is 7.30. The molecule has 14 nitrogen and oxygen atoms in total. The number of nitrogens with two attached hydrogens (primary N) is 2. The number of aromatic nitrogens is 10. The number of hydrogen-bond donors (Lipinski definition) is 3. The molecule has 0 radical (unpaired) electrons. The van der Waals surface area contributed by atoms with Crippen molar-refractivity contribution in [2.75, 3.05) is 0 Å². The molecule has 7 aromatic rings. The van der Waals surface area contributed by atoms with Gasteiger partial charge in [0.25, 0.3) is 10.0 Å². The molecule has 6 aromatic heterocycles. The number of hydrogen-bond acceptors (Lipinski definition) is 10. The first-order valence-electron chi connectivity index (χ1n) is 16.3. The van der Waals surface area contributed by atoms with Gasteiger partial charge in [0.05, 0.1) is 28.3 Å². The van der Waals surface area contributed by atoms with Crippen molar-refractivity contribution < 1.29 is 8.42 Å². The highest BCUT2D eigenvalue weighted by Crippen LogP contribution is 2.39. The summed E-state index contributed by atoms with van der Waals surface area (Å²) in [5, 5.41) is 17.3. The van der Waals surface area contributed by atoms with Crippen molar-refractivity contribution in [1.29, 1.82) is 0 Å². The van der Waals surface area contributed by atoms with E-state index in [0.29, 0.717) is 34.6 Å². The highest BCUT2D eigenvalue weighted by atomic mass is 32.2. The molecule has 2 aliphatic carbocycles. The Bertz CT molecular complexity index is 2390. The van der Waals surface area contributed by atoms with E-state index in [4.69, 9.17) is 11.5 Å². The predicted octanol–water partition coefficient (Wildman–Crippen LogP) is 3.91. The minimum Gasteiger partial charge on any atom is -0.345 e. The van der Waals surface area contributed by atoms with Gasteiger partial charge in [-0.1, -0.05) is 31.5 Å². The van der Waals surface area contributed by atoms with Gasteiger partial charge in [-0.2, -0.15) is 0 Å². The second kappa shape index (κ2) is 11.5. The molecule has 0 saturated heterocycles. The maximum atomic E-state index is 13.2. The first kappa shape index (κ1) is 30.6. The van der Waals surface area contributed by atoms with Crippen LogP contribution in [0.1, 0.15) is 68.6 Å². The molecule has 2 fully saturated rings. The molecular formula is C33H38N12O2S. The molecule has 0 spiro atoms. The number of rotatable bonds is 4. The number of nitrogens with zero attached hydrogens (tertiary/aromatic N) is 9. The van der Waals surface area contributed by atoms with E-state index in [9.17, 15) is 8.42 Å². The third-order valence-electron chi connectivity index (χ3n) is 10.1. The van der Waals surface area contributed by atoms with E-state index >= 15 is 0 Å². The molecule has 0 amide bonds. The highest BCUT2D eigenvalue weighted by Gasteiger charge is 2.35. The number of H-pyrrole nitrogens is 1. The van der Waals surface area contributed by atoms with E-state index < -0.39 is 10.0 Å². The SMILES string of the molecule is C[C@@H]1C[C@H](N)C[C@@H]1c1nnc2cnc3[nH]ccc3n12.Cc1ccc(S(=O)(=O)n2ccc3c2ncc2nnc([C@H]4C[C@@H](N)C[C@H]4C)n23)cc1. The molecule has 9 rings (SSSR count). The van der Waals surface area contributed by atoms with Crippen LogP contribution in [0.25, 0.3) is 33.6 Å². The first-order chi connectivity index (χ1) is 23.1. The van der Waals surface area contributed by atoms with Crippen molar-refractivity contribution >= 4 is 43.6 Å². The van der Waals surface area contributed by atoms with Crippen molar-refractivity contribution in [3.05, 3.63) is 78.4 Å². The second-order valence-electron chi connectivity index (χ2n) is 13.5. The van der Waals surface area contributed by atoms with E-state index in [1.54, 1.807) is 48.9 Å². The Balaban J connectivity index is 0.000000153. The van der Waals surface area contributed by atoms with E-state index in [1.807, 2.05) is 23.6 Å². The summed E-state index contributed by atoms with van der Waals surface area (Å²) >= 11 is 0. The van der Waals surface area contributed by atoms with Gasteiger partial charge in [-0.15, -0.1) is 20.4 Å². The van der Waals surface area contributed by atoms with Crippen molar-refractivity contribution in [3.8, 4) is 0 Å². The van der Waals surface area contributed by atoms with Crippen LogP contribution in [0.3, 0.4) is 0 Å². The summed E-state index contributed by atoms with van der Waals surface area (Å²) in [6, 6.07) is 11.0. The van der Waals surface area contributed by atoms with Gasteiger partial charge in [0, 0.05) is 36.3 Å². The largest absolute Gasteiger partial charge is 0.345 e.